The monoisotopic (exact) mass is 327 g/mol. The van der Waals surface area contributed by atoms with Crippen LogP contribution in [0.4, 0.5) is 0 Å². The lowest BCUT2D eigenvalue weighted by Gasteiger charge is -2.37. The minimum atomic E-state index is -3.57. The zero-order valence-electron chi connectivity index (χ0n) is 12.9. The Kier molecular flexibility index (Phi) is 3.76. The summed E-state index contributed by atoms with van der Waals surface area (Å²) in [5.41, 5.74) is 0.0350. The van der Waals surface area contributed by atoms with Gasteiger partial charge < -0.3 is 4.74 Å². The number of hydrogen-bond donors (Lipinski definition) is 0. The molecule has 2 heterocycles. The number of ether oxygens (including phenoxy) is 1. The van der Waals surface area contributed by atoms with Crippen LogP contribution >= 0.6 is 0 Å². The van der Waals surface area contributed by atoms with E-state index in [1.54, 1.807) is 7.05 Å². The predicted octanol–water partition coefficient (Wildman–Crippen LogP) is 0.953. The molecule has 0 N–H and O–H groups in total. The number of piperidine rings is 1. The van der Waals surface area contributed by atoms with Crippen molar-refractivity contribution in [3.05, 3.63) is 6.07 Å². The molecule has 1 spiro atoms. The highest BCUT2D eigenvalue weighted by Gasteiger charge is 2.43. The number of aromatic nitrogens is 2. The number of nitrogens with zero attached hydrogens (tertiary/aromatic N) is 3. The second-order valence-electron chi connectivity index (χ2n) is 6.27. The van der Waals surface area contributed by atoms with Gasteiger partial charge in [0.1, 0.15) is 5.78 Å². The second kappa shape index (κ2) is 5.34. The molecule has 1 aromatic rings. The first-order valence-corrected chi connectivity index (χ1v) is 8.90. The number of rotatable bonds is 3. The number of Topliss-reactive ketones (excluding diaryl/α,β-unsaturated/α-hetero) is 1. The molecule has 1 aromatic heterocycles. The summed E-state index contributed by atoms with van der Waals surface area (Å²) < 4.78 is 33.3. The summed E-state index contributed by atoms with van der Waals surface area (Å²) in [5.74, 6) is 0.601. The van der Waals surface area contributed by atoms with Gasteiger partial charge in [0.05, 0.1) is 7.11 Å². The normalized spacial score (nSPS) is 22.4. The molecule has 122 valence electrons. The summed E-state index contributed by atoms with van der Waals surface area (Å²) >= 11 is 0. The van der Waals surface area contributed by atoms with E-state index in [-0.39, 0.29) is 16.3 Å². The third-order valence-electron chi connectivity index (χ3n) is 4.92. The van der Waals surface area contributed by atoms with Crippen molar-refractivity contribution >= 4 is 15.8 Å². The number of carbonyl (C=O) groups excluding carboxylic acids is 1. The molecule has 0 bridgehead atoms. The van der Waals surface area contributed by atoms with Gasteiger partial charge in [0, 0.05) is 39.0 Å². The Labute approximate surface area is 130 Å². The molecule has 0 unspecified atom stereocenters. The maximum atomic E-state index is 12.7. The molecule has 0 radical (unpaired) electrons. The molecule has 1 aliphatic heterocycles. The van der Waals surface area contributed by atoms with E-state index in [4.69, 9.17) is 4.74 Å². The van der Waals surface area contributed by atoms with E-state index >= 15 is 0 Å². The molecule has 22 heavy (non-hydrogen) atoms. The lowest BCUT2D eigenvalue weighted by atomic mass is 9.77. The fourth-order valence-corrected chi connectivity index (χ4v) is 5.08. The lowest BCUT2D eigenvalue weighted by Crippen LogP contribution is -2.42. The van der Waals surface area contributed by atoms with Gasteiger partial charge in [0.25, 0.3) is 10.0 Å². The van der Waals surface area contributed by atoms with Crippen molar-refractivity contribution in [1.29, 1.82) is 0 Å². The Morgan fingerprint density at radius 2 is 1.95 bits per heavy atom. The highest BCUT2D eigenvalue weighted by Crippen LogP contribution is 2.45. The van der Waals surface area contributed by atoms with Crippen molar-refractivity contribution < 1.29 is 17.9 Å². The van der Waals surface area contributed by atoms with Crippen LogP contribution < -0.4 is 4.74 Å². The molecule has 8 heteroatoms. The highest BCUT2D eigenvalue weighted by atomic mass is 32.2. The molecule has 1 saturated heterocycles. The van der Waals surface area contributed by atoms with Crippen LogP contribution in [0.2, 0.25) is 0 Å². The second-order valence-corrected chi connectivity index (χ2v) is 8.15. The van der Waals surface area contributed by atoms with Crippen LogP contribution in [0, 0.1) is 5.41 Å². The predicted molar refractivity (Wildman–Crippen MR) is 79.0 cm³/mol. The van der Waals surface area contributed by atoms with Crippen LogP contribution in [0.5, 0.6) is 5.88 Å². The average molecular weight is 327 g/mol. The number of aryl methyl sites for hydroxylation is 1. The molecule has 2 fully saturated rings. The molecule has 3 rings (SSSR count). The van der Waals surface area contributed by atoms with Gasteiger partial charge >= 0.3 is 0 Å². The maximum absolute atomic E-state index is 12.7. The summed E-state index contributed by atoms with van der Waals surface area (Å²) in [5, 5.41) is 4.16. The molecule has 0 atom stereocenters. The first-order valence-electron chi connectivity index (χ1n) is 7.46. The van der Waals surface area contributed by atoms with Gasteiger partial charge in [-0.15, -0.1) is 5.10 Å². The smallest absolute Gasteiger partial charge is 0.260 e. The lowest BCUT2D eigenvalue weighted by molar-refractivity contribution is -0.118. The Balaban J connectivity index is 1.77. The van der Waals surface area contributed by atoms with Crippen molar-refractivity contribution in [3.8, 4) is 5.88 Å². The minimum absolute atomic E-state index is 0.0350. The van der Waals surface area contributed by atoms with Crippen molar-refractivity contribution in [3.63, 3.8) is 0 Å². The van der Waals surface area contributed by atoms with Gasteiger partial charge in [-0.1, -0.05) is 0 Å². The summed E-state index contributed by atoms with van der Waals surface area (Å²) in [6.45, 7) is 0.923. The Hall–Kier alpha value is -1.41. The van der Waals surface area contributed by atoms with E-state index in [1.807, 2.05) is 0 Å². The van der Waals surface area contributed by atoms with Gasteiger partial charge in [-0.3, -0.25) is 9.48 Å². The fraction of sp³-hybridized carbons (Fsp3) is 0.714. The quantitative estimate of drug-likeness (QED) is 0.826. The van der Waals surface area contributed by atoms with Crippen LogP contribution in [-0.4, -0.2) is 48.5 Å². The van der Waals surface area contributed by atoms with Crippen LogP contribution in [0.15, 0.2) is 11.1 Å². The van der Waals surface area contributed by atoms with Crippen molar-refractivity contribution in [2.45, 2.75) is 37.1 Å². The standard InChI is InChI=1S/C14H21N3O4S/c1-16-13(9-12(15-16)21-2)22(19,20)17-7-5-14(6-8-17)4-3-11(18)10-14/h9H,3-8,10H2,1-2H3. The van der Waals surface area contributed by atoms with Gasteiger partial charge in [-0.05, 0) is 24.7 Å². The molecule has 1 saturated carbocycles. The van der Waals surface area contributed by atoms with E-state index in [2.05, 4.69) is 5.10 Å². The molecular formula is C14H21N3O4S. The third-order valence-corrected chi connectivity index (χ3v) is 6.87. The van der Waals surface area contributed by atoms with E-state index in [0.717, 1.165) is 19.3 Å². The van der Waals surface area contributed by atoms with Crippen LogP contribution in [0.1, 0.15) is 32.1 Å². The molecule has 2 aliphatic rings. The fourth-order valence-electron chi connectivity index (χ4n) is 3.53. The largest absolute Gasteiger partial charge is 0.480 e. The molecular weight excluding hydrogens is 306 g/mol. The average Bonchev–Trinajstić information content (AvgIpc) is 3.03. The summed E-state index contributed by atoms with van der Waals surface area (Å²) in [4.78, 5) is 11.5. The molecule has 7 nitrogen and oxygen atoms in total. The van der Waals surface area contributed by atoms with Crippen LogP contribution in [-0.2, 0) is 21.9 Å². The van der Waals surface area contributed by atoms with Crippen molar-refractivity contribution in [2.75, 3.05) is 20.2 Å². The zero-order chi connectivity index (χ0) is 16.0. The zero-order valence-corrected chi connectivity index (χ0v) is 13.7. The number of hydrogen-bond acceptors (Lipinski definition) is 5. The highest BCUT2D eigenvalue weighted by molar-refractivity contribution is 7.89. The number of ketones is 1. The third kappa shape index (κ3) is 2.54. The topological polar surface area (TPSA) is 81.5 Å². The SMILES string of the molecule is COc1cc(S(=O)(=O)N2CCC3(CCC(=O)C3)CC2)n(C)n1. The van der Waals surface area contributed by atoms with Crippen molar-refractivity contribution in [2.24, 2.45) is 12.5 Å². The van der Waals surface area contributed by atoms with E-state index < -0.39 is 10.0 Å². The first-order chi connectivity index (χ1) is 10.4. The van der Waals surface area contributed by atoms with Gasteiger partial charge in [-0.2, -0.15) is 4.31 Å². The Morgan fingerprint density at radius 1 is 1.27 bits per heavy atom. The van der Waals surface area contributed by atoms with E-state index in [9.17, 15) is 13.2 Å². The van der Waals surface area contributed by atoms with Crippen LogP contribution in [0.3, 0.4) is 0 Å². The number of methoxy groups -OCH3 is 1. The van der Waals surface area contributed by atoms with Gasteiger partial charge in [0.15, 0.2) is 5.03 Å². The van der Waals surface area contributed by atoms with Gasteiger partial charge in [0.2, 0.25) is 5.88 Å². The first kappa shape index (κ1) is 15.5. The van der Waals surface area contributed by atoms with E-state index in [0.29, 0.717) is 31.7 Å². The summed E-state index contributed by atoms with van der Waals surface area (Å²) in [6.07, 6.45) is 3.67. The summed E-state index contributed by atoms with van der Waals surface area (Å²) in [6, 6.07) is 1.44. The molecule has 0 amide bonds. The summed E-state index contributed by atoms with van der Waals surface area (Å²) in [7, 11) is -0.520. The number of carbonyl (C=O) groups is 1. The van der Waals surface area contributed by atoms with Crippen LogP contribution in [0.25, 0.3) is 0 Å². The Bertz CT molecular complexity index is 687. The maximum Gasteiger partial charge on any atom is 0.260 e. The van der Waals surface area contributed by atoms with Gasteiger partial charge in [-0.25, -0.2) is 8.42 Å². The molecule has 1 aliphatic carbocycles. The molecule has 0 aromatic carbocycles. The van der Waals surface area contributed by atoms with E-state index in [1.165, 1.54) is 22.2 Å². The number of sulfonamides is 1. The minimum Gasteiger partial charge on any atom is -0.480 e. The van der Waals surface area contributed by atoms with Crippen molar-refractivity contribution in [1.82, 2.24) is 14.1 Å². The Morgan fingerprint density at radius 3 is 2.45 bits per heavy atom.